The summed E-state index contributed by atoms with van der Waals surface area (Å²) in [5.74, 6) is -4.18. The van der Waals surface area contributed by atoms with Crippen LogP contribution in [-0.4, -0.2) is 43.5 Å². The first-order chi connectivity index (χ1) is 34.1. The van der Waals surface area contributed by atoms with Gasteiger partial charge in [0.05, 0.1) is 16.1 Å². The minimum Gasteiger partial charge on any atom is -0.443 e. The number of nitrogens with one attached hydrogen (secondary N) is 3. The van der Waals surface area contributed by atoms with Crippen molar-refractivity contribution in [2.45, 2.75) is 51.0 Å². The van der Waals surface area contributed by atoms with Crippen LogP contribution in [-0.2, 0) is 35.5 Å². The van der Waals surface area contributed by atoms with Gasteiger partial charge in [0.15, 0.2) is 0 Å². The molecule has 0 spiro atoms. The van der Waals surface area contributed by atoms with Crippen LogP contribution in [0.4, 0.5) is 47.3 Å². The van der Waals surface area contributed by atoms with Gasteiger partial charge in [-0.15, -0.1) is 12.4 Å². The van der Waals surface area contributed by atoms with Crippen LogP contribution in [0.5, 0.6) is 0 Å². The number of amides is 3. The van der Waals surface area contributed by atoms with E-state index in [9.17, 15) is 45.5 Å². The number of nitrogens with zero attached hydrogens (tertiary/aromatic N) is 4. The lowest BCUT2D eigenvalue weighted by atomic mass is 10.0. The summed E-state index contributed by atoms with van der Waals surface area (Å²) in [6.07, 6.45) is 7.34. The maximum absolute atomic E-state index is 14.6. The first-order valence-corrected chi connectivity index (χ1v) is 22.0. The third kappa shape index (κ3) is 13.3. The maximum atomic E-state index is 14.6. The summed E-state index contributed by atoms with van der Waals surface area (Å²) in [5, 5.41) is 7.57. The Hall–Kier alpha value is -7.52. The molecule has 3 aromatic heterocycles. The zero-order valence-corrected chi connectivity index (χ0v) is 39.4. The van der Waals surface area contributed by atoms with Crippen molar-refractivity contribution in [1.82, 2.24) is 24.8 Å². The summed E-state index contributed by atoms with van der Waals surface area (Å²) < 4.78 is 92.7. The van der Waals surface area contributed by atoms with Gasteiger partial charge in [0.2, 0.25) is 0 Å². The molecule has 14 nitrogen and oxygen atoms in total. The van der Waals surface area contributed by atoms with Crippen LogP contribution in [0.25, 0.3) is 0 Å². The number of rotatable bonds is 9. The Morgan fingerprint density at radius 3 is 1.65 bits per heavy atom. The van der Waals surface area contributed by atoms with E-state index in [0.717, 1.165) is 16.7 Å². The maximum Gasteiger partial charge on any atom is 0.419 e. The van der Waals surface area contributed by atoms with Crippen LogP contribution >= 0.6 is 35.6 Å². The zero-order valence-electron chi connectivity index (χ0n) is 37.1. The van der Waals surface area contributed by atoms with Crippen LogP contribution in [0.1, 0.15) is 79.3 Å². The van der Waals surface area contributed by atoms with Gasteiger partial charge in [-0.2, -0.15) is 0 Å². The van der Waals surface area contributed by atoms with Crippen LogP contribution in [0.15, 0.2) is 116 Å². The van der Waals surface area contributed by atoms with Crippen molar-refractivity contribution < 1.29 is 55.0 Å². The molecule has 3 amide bonds. The number of ether oxygens (including phenoxy) is 2. The molecule has 3 heterocycles. The molecule has 9 rings (SSSR count). The van der Waals surface area contributed by atoms with E-state index in [1.54, 1.807) is 0 Å². The molecule has 72 heavy (non-hydrogen) atoms. The number of alkyl carbamates (subject to hydrolysis) is 1. The minimum atomic E-state index is -0.867. The van der Waals surface area contributed by atoms with Crippen LogP contribution < -0.4 is 21.7 Å². The smallest absolute Gasteiger partial charge is 0.419 e. The lowest BCUT2D eigenvalue weighted by molar-refractivity contribution is 0.101. The summed E-state index contributed by atoms with van der Waals surface area (Å²) in [6.45, 7) is -0.590. The Morgan fingerprint density at radius 2 is 1.14 bits per heavy atom. The fourth-order valence-corrected chi connectivity index (χ4v) is 7.88. The predicted octanol–water partition coefficient (Wildman–Crippen LogP) is 11.2. The molecule has 2 aliphatic rings. The monoisotopic (exact) mass is 1050 g/mol. The van der Waals surface area contributed by atoms with E-state index in [4.69, 9.17) is 38.4 Å². The van der Waals surface area contributed by atoms with Gasteiger partial charge in [-0.05, 0) is 122 Å². The van der Waals surface area contributed by atoms with Crippen LogP contribution in [0.3, 0.4) is 0 Å². The van der Waals surface area contributed by atoms with Crippen molar-refractivity contribution in [3.63, 3.8) is 0 Å². The summed E-state index contributed by atoms with van der Waals surface area (Å²) in [5.41, 5.74) is 8.86. The van der Waals surface area contributed by atoms with Gasteiger partial charge in [0.1, 0.15) is 65.8 Å². The number of hydrogen-bond donors (Lipinski definition) is 4. The van der Waals surface area contributed by atoms with Gasteiger partial charge >= 0.3 is 12.2 Å². The quantitative estimate of drug-likeness (QED) is 0.101. The number of halogens is 9. The van der Waals surface area contributed by atoms with Gasteiger partial charge in [0.25, 0.3) is 11.8 Å². The number of carbonyl (C=O) groups is 4. The van der Waals surface area contributed by atoms with Crippen molar-refractivity contribution in [1.29, 1.82) is 0 Å². The molecule has 0 bridgehead atoms. The Kier molecular flexibility index (Phi) is 18.3. The topological polar surface area (TPSA) is 192 Å². The molecule has 0 aliphatic heterocycles. The lowest BCUT2D eigenvalue weighted by Gasteiger charge is -2.16. The van der Waals surface area contributed by atoms with Crippen molar-refractivity contribution in [3.8, 4) is 0 Å². The second kappa shape index (κ2) is 24.5. The van der Waals surface area contributed by atoms with E-state index in [-0.39, 0.29) is 75.7 Å². The number of benzene rings is 4. The molecule has 0 saturated carbocycles. The summed E-state index contributed by atoms with van der Waals surface area (Å²) in [6, 6.07) is 17.0. The number of hydrogen-bond acceptors (Lipinski definition) is 10. The third-order valence-corrected chi connectivity index (χ3v) is 11.5. The minimum absolute atomic E-state index is 0. The van der Waals surface area contributed by atoms with E-state index in [1.165, 1.54) is 104 Å². The standard InChI is InChI=1S/C23H17ClF3N3O3.C16H13ClF2N2O.C10H8FN3O2.ClH/c24-15-10-12(3-6-16(15)25)29-22(31)14-4-7-18(27)21-13(14)5-8-19(21)30-23(32)33-11-20-17(26)2-1-9-28-20;17-11-7-8(1-4-12(11)18)21-16(22)10-2-5-13(19)15-9(10)3-6-14(15)20;11-8-2-1-3-13-9(8)6-16-10(15)14-5-4-12-7-14;/h1-4,6-7,9-10,19H,5,8,11H2,(H,29,31)(H,30,32);1-2,4-5,7,14H,3,6,20H2,(H,21,22);1-5,7H,6H2;1H/t19-;14-;;/m00../s1. The second-order valence-electron chi connectivity index (χ2n) is 15.5. The molecule has 0 unspecified atom stereocenters. The Bertz CT molecular complexity index is 3120. The van der Waals surface area contributed by atoms with E-state index in [1.807, 2.05) is 0 Å². The number of pyridine rings is 2. The lowest BCUT2D eigenvalue weighted by Crippen LogP contribution is -2.28. The predicted molar refractivity (Wildman–Crippen MR) is 255 cm³/mol. The highest BCUT2D eigenvalue weighted by Crippen LogP contribution is 2.37. The molecule has 7 aromatic rings. The van der Waals surface area contributed by atoms with E-state index in [2.05, 4.69) is 30.9 Å². The highest BCUT2D eigenvalue weighted by molar-refractivity contribution is 6.31. The SMILES string of the molecule is Cl.N[C@H]1CCc2c(C(=O)Nc3ccc(F)c(Cl)c3)ccc(F)c21.O=C(N[C@H]1CCc2c(C(=O)Nc3ccc(F)c(Cl)c3)ccc(F)c21)OCc1ncccc1F.O=C(OCc1ncccc1F)n1ccnc1. The second-order valence-corrected chi connectivity index (χ2v) is 16.3. The number of aromatic nitrogens is 4. The largest absolute Gasteiger partial charge is 0.443 e. The van der Waals surface area contributed by atoms with Crippen molar-refractivity contribution in [3.05, 3.63) is 206 Å². The van der Waals surface area contributed by atoms with Crippen molar-refractivity contribution >= 4 is 71.0 Å². The average molecular weight is 1060 g/mol. The highest BCUT2D eigenvalue weighted by atomic mass is 35.5. The van der Waals surface area contributed by atoms with E-state index < -0.39 is 59.1 Å². The summed E-state index contributed by atoms with van der Waals surface area (Å²) >= 11 is 11.4. The van der Waals surface area contributed by atoms with E-state index >= 15 is 0 Å². The van der Waals surface area contributed by atoms with Crippen LogP contribution in [0.2, 0.25) is 10.0 Å². The molecule has 2 aliphatic carbocycles. The summed E-state index contributed by atoms with van der Waals surface area (Å²) in [7, 11) is 0. The molecule has 0 fully saturated rings. The number of nitrogens with two attached hydrogens (primary N) is 1. The number of imidazole rings is 1. The molecular formula is C49H39Cl3F6N8O6. The number of anilines is 2. The number of carbonyl (C=O) groups excluding carboxylic acids is 4. The molecule has 23 heteroatoms. The molecular weight excluding hydrogens is 1020 g/mol. The third-order valence-electron chi connectivity index (χ3n) is 10.9. The van der Waals surface area contributed by atoms with Gasteiger partial charge in [-0.1, -0.05) is 23.2 Å². The van der Waals surface area contributed by atoms with E-state index in [0.29, 0.717) is 53.6 Å². The Morgan fingerprint density at radius 1 is 0.639 bits per heavy atom. The normalized spacial score (nSPS) is 13.9. The van der Waals surface area contributed by atoms with Crippen molar-refractivity contribution in [2.75, 3.05) is 10.6 Å². The average Bonchev–Trinajstić information content (AvgIpc) is 4.14. The van der Waals surface area contributed by atoms with Gasteiger partial charge in [-0.3, -0.25) is 19.6 Å². The highest BCUT2D eigenvalue weighted by Gasteiger charge is 2.32. The number of fused-ring (bicyclic) bond motifs is 2. The molecule has 2 atom stereocenters. The van der Waals surface area contributed by atoms with Gasteiger partial charge in [-0.25, -0.2) is 45.5 Å². The zero-order chi connectivity index (χ0) is 50.8. The molecule has 5 N–H and O–H groups in total. The first-order valence-electron chi connectivity index (χ1n) is 21.3. The fourth-order valence-electron chi connectivity index (χ4n) is 7.52. The fraction of sp³-hybridized carbons (Fsp3) is 0.163. The molecule has 4 aromatic carbocycles. The molecule has 0 saturated heterocycles. The summed E-state index contributed by atoms with van der Waals surface area (Å²) in [4.78, 5) is 59.9. The van der Waals surface area contributed by atoms with Crippen molar-refractivity contribution in [2.24, 2.45) is 5.73 Å². The molecule has 374 valence electrons. The Labute approximate surface area is 422 Å². The van der Waals surface area contributed by atoms with Gasteiger partial charge in [0, 0.05) is 64.5 Å². The van der Waals surface area contributed by atoms with Gasteiger partial charge < -0.3 is 31.2 Å². The van der Waals surface area contributed by atoms with Crippen LogP contribution in [0, 0.1) is 34.9 Å². The first kappa shape index (κ1) is 53.8. The molecule has 0 radical (unpaired) electrons. The Balaban J connectivity index is 0.000000188.